The van der Waals surface area contributed by atoms with Crippen molar-refractivity contribution in [3.8, 4) is 11.5 Å². The van der Waals surface area contributed by atoms with Gasteiger partial charge in [0.1, 0.15) is 18.1 Å². The van der Waals surface area contributed by atoms with Gasteiger partial charge in [0.25, 0.3) is 0 Å². The highest BCUT2D eigenvalue weighted by molar-refractivity contribution is 6.00. The predicted molar refractivity (Wildman–Crippen MR) is 93.6 cm³/mol. The summed E-state index contributed by atoms with van der Waals surface area (Å²) in [7, 11) is 0. The van der Waals surface area contributed by atoms with Gasteiger partial charge in [0.2, 0.25) is 0 Å². The van der Waals surface area contributed by atoms with Gasteiger partial charge in [0.05, 0.1) is 17.5 Å². The zero-order valence-corrected chi connectivity index (χ0v) is 13.1. The van der Waals surface area contributed by atoms with Crippen LogP contribution in [0.15, 0.2) is 67.3 Å². The van der Waals surface area contributed by atoms with Crippen molar-refractivity contribution >= 4 is 16.7 Å². The number of benzene rings is 2. The van der Waals surface area contributed by atoms with Crippen LogP contribution in [0.5, 0.6) is 11.5 Å². The van der Waals surface area contributed by atoms with E-state index in [9.17, 15) is 9.90 Å². The van der Waals surface area contributed by atoms with Crippen LogP contribution in [0.2, 0.25) is 0 Å². The molecule has 0 saturated carbocycles. The topological polar surface area (TPSA) is 59.4 Å². The quantitative estimate of drug-likeness (QED) is 0.552. The van der Waals surface area contributed by atoms with Crippen molar-refractivity contribution in [1.82, 2.24) is 4.98 Å². The minimum atomic E-state index is -0.189. The zero-order valence-electron chi connectivity index (χ0n) is 13.1. The molecule has 1 N–H and O–H groups in total. The van der Waals surface area contributed by atoms with Crippen LogP contribution in [-0.2, 0) is 6.42 Å². The molecule has 0 bridgehead atoms. The Labute approximate surface area is 140 Å². The molecule has 0 fully saturated rings. The third-order valence-corrected chi connectivity index (χ3v) is 3.64. The van der Waals surface area contributed by atoms with Crippen LogP contribution < -0.4 is 4.74 Å². The lowest BCUT2D eigenvalue weighted by molar-refractivity contribution is 0.0989. The van der Waals surface area contributed by atoms with Gasteiger partial charge >= 0.3 is 0 Å². The van der Waals surface area contributed by atoms with Gasteiger partial charge in [-0.05, 0) is 24.3 Å². The van der Waals surface area contributed by atoms with Crippen LogP contribution in [0.1, 0.15) is 16.1 Å². The summed E-state index contributed by atoms with van der Waals surface area (Å²) in [6, 6.07) is 16.2. The summed E-state index contributed by atoms with van der Waals surface area (Å²) in [4.78, 5) is 16.9. The molecule has 2 aromatic carbocycles. The number of Topliss-reactive ketones (excluding diaryl/α,β-unsaturated/α-hetero) is 1. The fourth-order valence-corrected chi connectivity index (χ4v) is 2.46. The van der Waals surface area contributed by atoms with Crippen molar-refractivity contribution in [3.05, 3.63) is 78.5 Å². The number of aromatic nitrogens is 1. The van der Waals surface area contributed by atoms with Gasteiger partial charge in [-0.15, -0.1) is 0 Å². The van der Waals surface area contributed by atoms with Crippen molar-refractivity contribution in [2.45, 2.75) is 6.42 Å². The Hall–Kier alpha value is -3.14. The standard InChI is InChI=1S/C20H17NO3/c1-2-11-24-16-9-10-17(20(23)13-16)19(22)12-15-8-7-14-5-3-4-6-18(14)21-15/h2-10,13,23H,1,11-12H2. The molecule has 120 valence electrons. The first kappa shape index (κ1) is 15.7. The number of ketones is 1. The van der Waals surface area contributed by atoms with Crippen LogP contribution in [0, 0.1) is 0 Å². The minimum absolute atomic E-state index is 0.0950. The Bertz CT molecular complexity index is 902. The molecule has 0 saturated heterocycles. The van der Waals surface area contributed by atoms with Crippen molar-refractivity contribution in [3.63, 3.8) is 0 Å². The van der Waals surface area contributed by atoms with E-state index < -0.39 is 0 Å². The molecule has 0 atom stereocenters. The van der Waals surface area contributed by atoms with Crippen molar-refractivity contribution in [2.24, 2.45) is 0 Å². The molecular weight excluding hydrogens is 302 g/mol. The number of phenols is 1. The molecule has 1 heterocycles. The first-order chi connectivity index (χ1) is 11.7. The Morgan fingerprint density at radius 3 is 2.79 bits per heavy atom. The fraction of sp³-hybridized carbons (Fsp3) is 0.100. The van der Waals surface area contributed by atoms with E-state index in [0.717, 1.165) is 10.9 Å². The van der Waals surface area contributed by atoms with Crippen molar-refractivity contribution in [2.75, 3.05) is 6.61 Å². The second kappa shape index (κ2) is 6.96. The number of hydrogen-bond acceptors (Lipinski definition) is 4. The number of hydrogen-bond donors (Lipinski definition) is 1. The number of carbonyl (C=O) groups is 1. The normalized spacial score (nSPS) is 10.5. The molecule has 24 heavy (non-hydrogen) atoms. The highest BCUT2D eigenvalue weighted by Gasteiger charge is 2.14. The van der Waals surface area contributed by atoms with E-state index in [1.54, 1.807) is 18.2 Å². The van der Waals surface area contributed by atoms with Crippen LogP contribution in [0.3, 0.4) is 0 Å². The van der Waals surface area contributed by atoms with Crippen LogP contribution >= 0.6 is 0 Å². The number of para-hydroxylation sites is 1. The van der Waals surface area contributed by atoms with E-state index in [0.29, 0.717) is 18.1 Å². The van der Waals surface area contributed by atoms with Gasteiger partial charge in [0, 0.05) is 17.1 Å². The van der Waals surface area contributed by atoms with Gasteiger partial charge in [0.15, 0.2) is 5.78 Å². The second-order valence-electron chi connectivity index (χ2n) is 5.37. The van der Waals surface area contributed by atoms with Gasteiger partial charge in [-0.1, -0.05) is 36.9 Å². The summed E-state index contributed by atoms with van der Waals surface area (Å²) < 4.78 is 5.34. The maximum atomic E-state index is 12.4. The third-order valence-electron chi connectivity index (χ3n) is 3.64. The predicted octanol–water partition coefficient (Wildman–Crippen LogP) is 3.93. The highest BCUT2D eigenvalue weighted by Crippen LogP contribution is 2.25. The van der Waals surface area contributed by atoms with Gasteiger partial charge in [-0.25, -0.2) is 0 Å². The Morgan fingerprint density at radius 2 is 2.00 bits per heavy atom. The van der Waals surface area contributed by atoms with E-state index in [1.165, 1.54) is 6.07 Å². The summed E-state index contributed by atoms with van der Waals surface area (Å²) in [5.41, 5.74) is 1.78. The summed E-state index contributed by atoms with van der Waals surface area (Å²) in [6.07, 6.45) is 1.74. The molecule has 4 nitrogen and oxygen atoms in total. The molecule has 0 aliphatic carbocycles. The average molecular weight is 319 g/mol. The first-order valence-electron chi connectivity index (χ1n) is 7.62. The number of phenolic OH excluding ortho intramolecular Hbond substituents is 1. The summed E-state index contributed by atoms with van der Waals surface area (Å²) >= 11 is 0. The Balaban J connectivity index is 1.79. The smallest absolute Gasteiger partial charge is 0.172 e. The van der Waals surface area contributed by atoms with E-state index >= 15 is 0 Å². The third kappa shape index (κ3) is 3.43. The summed E-state index contributed by atoms with van der Waals surface area (Å²) in [5.74, 6) is 0.209. The molecule has 1 aromatic heterocycles. The maximum Gasteiger partial charge on any atom is 0.172 e. The van der Waals surface area contributed by atoms with E-state index in [2.05, 4.69) is 11.6 Å². The lowest BCUT2D eigenvalue weighted by Crippen LogP contribution is -2.06. The number of aromatic hydroxyl groups is 1. The minimum Gasteiger partial charge on any atom is -0.507 e. The van der Waals surface area contributed by atoms with Gasteiger partial charge in [-0.3, -0.25) is 9.78 Å². The maximum absolute atomic E-state index is 12.4. The summed E-state index contributed by atoms with van der Waals surface area (Å²) in [5, 5.41) is 11.1. The Kier molecular flexibility index (Phi) is 4.57. The SMILES string of the molecule is C=CCOc1ccc(C(=O)Cc2ccc3ccccc3n2)c(O)c1. The number of ether oxygens (including phenoxy) is 1. The molecule has 0 aliphatic heterocycles. The fourth-order valence-electron chi connectivity index (χ4n) is 2.46. The van der Waals surface area contributed by atoms with Crippen LogP contribution in [-0.4, -0.2) is 22.5 Å². The molecule has 0 spiro atoms. The largest absolute Gasteiger partial charge is 0.507 e. The van der Waals surface area contributed by atoms with Gasteiger partial charge < -0.3 is 9.84 Å². The molecule has 0 unspecified atom stereocenters. The lowest BCUT2D eigenvalue weighted by Gasteiger charge is -2.08. The molecule has 0 amide bonds. The Morgan fingerprint density at radius 1 is 1.17 bits per heavy atom. The zero-order chi connectivity index (χ0) is 16.9. The molecule has 0 aliphatic rings. The molecule has 3 aromatic rings. The van der Waals surface area contributed by atoms with E-state index in [4.69, 9.17) is 4.74 Å². The molecule has 3 rings (SSSR count). The number of pyridine rings is 1. The highest BCUT2D eigenvalue weighted by atomic mass is 16.5. The molecular formula is C20H17NO3. The van der Waals surface area contributed by atoms with E-state index in [1.807, 2.05) is 36.4 Å². The number of carbonyl (C=O) groups excluding carboxylic acids is 1. The monoisotopic (exact) mass is 319 g/mol. The molecule has 0 radical (unpaired) electrons. The molecule has 4 heteroatoms. The summed E-state index contributed by atoms with van der Waals surface area (Å²) in [6.45, 7) is 3.90. The van der Waals surface area contributed by atoms with Crippen LogP contribution in [0.4, 0.5) is 0 Å². The second-order valence-corrected chi connectivity index (χ2v) is 5.37. The van der Waals surface area contributed by atoms with Gasteiger partial charge in [-0.2, -0.15) is 0 Å². The van der Waals surface area contributed by atoms with E-state index in [-0.39, 0.29) is 23.5 Å². The number of nitrogens with zero attached hydrogens (tertiary/aromatic N) is 1. The first-order valence-corrected chi connectivity index (χ1v) is 7.62. The number of rotatable bonds is 6. The van der Waals surface area contributed by atoms with Crippen molar-refractivity contribution in [1.29, 1.82) is 0 Å². The average Bonchev–Trinajstić information content (AvgIpc) is 2.59. The van der Waals surface area contributed by atoms with Crippen LogP contribution in [0.25, 0.3) is 10.9 Å². The lowest BCUT2D eigenvalue weighted by atomic mass is 10.0. The number of fused-ring (bicyclic) bond motifs is 1. The van der Waals surface area contributed by atoms with Crippen molar-refractivity contribution < 1.29 is 14.6 Å².